The summed E-state index contributed by atoms with van der Waals surface area (Å²) in [6.07, 6.45) is 0. The maximum atomic E-state index is 9.51. The summed E-state index contributed by atoms with van der Waals surface area (Å²) in [7, 11) is 0. The highest BCUT2D eigenvalue weighted by molar-refractivity contribution is 6.22. The zero-order chi connectivity index (χ0) is 33.4. The van der Waals surface area contributed by atoms with Gasteiger partial charge in [0.05, 0.1) is 22.8 Å². The molecule has 0 unspecified atom stereocenters. The van der Waals surface area contributed by atoms with Crippen molar-refractivity contribution in [2.75, 3.05) is 0 Å². The highest BCUT2D eigenvalue weighted by Crippen LogP contribution is 2.40. The molecule has 0 spiro atoms. The summed E-state index contributed by atoms with van der Waals surface area (Å²) in [5, 5.41) is 15.2. The molecule has 2 heterocycles. The summed E-state index contributed by atoms with van der Waals surface area (Å²) in [5.41, 5.74) is 7.94. The van der Waals surface area contributed by atoms with Gasteiger partial charge in [0.15, 0.2) is 17.5 Å². The molecule has 5 heteroatoms. The van der Waals surface area contributed by atoms with E-state index in [9.17, 15) is 5.26 Å². The third kappa shape index (κ3) is 5.22. The van der Waals surface area contributed by atoms with Gasteiger partial charge in [-0.15, -0.1) is 0 Å². The van der Waals surface area contributed by atoms with E-state index >= 15 is 0 Å². The van der Waals surface area contributed by atoms with Crippen molar-refractivity contribution in [2.45, 2.75) is 0 Å². The fraction of sp³-hybridized carbons (Fsp3) is 0. The van der Waals surface area contributed by atoms with E-state index in [0.717, 1.165) is 55.4 Å². The first kappa shape index (κ1) is 29.1. The fourth-order valence-corrected chi connectivity index (χ4v) is 6.68. The van der Waals surface area contributed by atoms with E-state index in [2.05, 4.69) is 78.9 Å². The third-order valence-corrected chi connectivity index (χ3v) is 9.10. The molecule has 0 radical (unpaired) electrons. The Morgan fingerprint density at radius 2 is 0.940 bits per heavy atom. The minimum Gasteiger partial charge on any atom is -0.247 e. The number of nitriles is 1. The lowest BCUT2D eigenvalue weighted by Gasteiger charge is -2.15. The maximum Gasteiger partial charge on any atom is 0.164 e. The molecule has 0 bridgehead atoms. The lowest BCUT2D eigenvalue weighted by atomic mass is 9.92. The Morgan fingerprint density at radius 3 is 1.62 bits per heavy atom. The number of hydrogen-bond acceptors (Lipinski definition) is 5. The average Bonchev–Trinajstić information content (AvgIpc) is 3.20. The van der Waals surface area contributed by atoms with E-state index < -0.39 is 0 Å². The van der Waals surface area contributed by atoms with Gasteiger partial charge < -0.3 is 0 Å². The molecule has 0 atom stereocenters. The van der Waals surface area contributed by atoms with Gasteiger partial charge in [-0.2, -0.15) is 5.26 Å². The largest absolute Gasteiger partial charge is 0.247 e. The van der Waals surface area contributed by atoms with Crippen molar-refractivity contribution in [3.63, 3.8) is 0 Å². The zero-order valence-corrected chi connectivity index (χ0v) is 26.8. The topological polar surface area (TPSA) is 75.3 Å². The summed E-state index contributed by atoms with van der Waals surface area (Å²) >= 11 is 0. The summed E-state index contributed by atoms with van der Waals surface area (Å²) in [5.74, 6) is 1.76. The molecular weight excluding hydrogens is 611 g/mol. The van der Waals surface area contributed by atoms with Gasteiger partial charge in [0.2, 0.25) is 0 Å². The van der Waals surface area contributed by atoms with Crippen LogP contribution in [0.1, 0.15) is 5.56 Å². The number of pyridine rings is 1. The molecule has 5 nitrogen and oxygen atoms in total. The van der Waals surface area contributed by atoms with E-state index in [1.807, 2.05) is 91.0 Å². The Hall–Kier alpha value is -7.03. The molecule has 0 aliphatic rings. The van der Waals surface area contributed by atoms with E-state index in [4.69, 9.17) is 19.9 Å². The van der Waals surface area contributed by atoms with Gasteiger partial charge >= 0.3 is 0 Å². The Morgan fingerprint density at radius 1 is 0.380 bits per heavy atom. The van der Waals surface area contributed by atoms with Crippen LogP contribution in [0.25, 0.3) is 89.0 Å². The van der Waals surface area contributed by atoms with Gasteiger partial charge in [0, 0.05) is 38.4 Å². The molecule has 0 saturated heterocycles. The van der Waals surface area contributed by atoms with Crippen LogP contribution in [0.4, 0.5) is 0 Å². The van der Waals surface area contributed by atoms with Crippen LogP contribution in [0, 0.1) is 11.3 Å². The van der Waals surface area contributed by atoms with Crippen LogP contribution in [-0.4, -0.2) is 19.9 Å². The second kappa shape index (κ2) is 12.2. The van der Waals surface area contributed by atoms with Crippen molar-refractivity contribution in [1.29, 1.82) is 5.26 Å². The van der Waals surface area contributed by atoms with Gasteiger partial charge in [-0.1, -0.05) is 127 Å². The van der Waals surface area contributed by atoms with Gasteiger partial charge in [0.25, 0.3) is 0 Å². The quantitative estimate of drug-likeness (QED) is 0.176. The Balaban J connectivity index is 1.34. The lowest BCUT2D eigenvalue weighted by molar-refractivity contribution is 1.07. The average molecular weight is 638 g/mol. The molecule has 7 aromatic carbocycles. The summed E-state index contributed by atoms with van der Waals surface area (Å²) in [6, 6.07) is 57.5. The Kier molecular flexibility index (Phi) is 7.11. The van der Waals surface area contributed by atoms with Crippen LogP contribution in [0.15, 0.2) is 164 Å². The highest BCUT2D eigenvalue weighted by Gasteiger charge is 2.18. The first-order valence-corrected chi connectivity index (χ1v) is 16.5. The summed E-state index contributed by atoms with van der Waals surface area (Å²) in [4.78, 5) is 20.4. The molecule has 2 aromatic heterocycles. The van der Waals surface area contributed by atoms with Crippen molar-refractivity contribution in [3.8, 4) is 62.6 Å². The fourth-order valence-electron chi connectivity index (χ4n) is 6.68. The van der Waals surface area contributed by atoms with Crippen molar-refractivity contribution >= 4 is 32.4 Å². The molecule has 0 fully saturated rings. The highest BCUT2D eigenvalue weighted by atomic mass is 15.0. The predicted octanol–water partition coefficient (Wildman–Crippen LogP) is 10.9. The van der Waals surface area contributed by atoms with Crippen molar-refractivity contribution in [2.24, 2.45) is 0 Å². The lowest BCUT2D eigenvalue weighted by Crippen LogP contribution is -2.00. The number of rotatable bonds is 5. The Bertz CT molecular complexity index is 2680. The van der Waals surface area contributed by atoms with Crippen LogP contribution in [0.5, 0.6) is 0 Å². The molecule has 0 aliphatic heterocycles. The van der Waals surface area contributed by atoms with Crippen LogP contribution >= 0.6 is 0 Å². The first-order chi connectivity index (χ1) is 24.7. The van der Waals surface area contributed by atoms with Gasteiger partial charge in [-0.05, 0) is 58.3 Å². The molecule has 50 heavy (non-hydrogen) atoms. The number of nitrogens with zero attached hydrogens (tertiary/aromatic N) is 5. The molecule has 9 aromatic rings. The van der Waals surface area contributed by atoms with Crippen molar-refractivity contribution in [3.05, 3.63) is 169 Å². The maximum absolute atomic E-state index is 9.51. The van der Waals surface area contributed by atoms with Crippen molar-refractivity contribution < 1.29 is 0 Å². The van der Waals surface area contributed by atoms with Crippen LogP contribution < -0.4 is 0 Å². The minimum atomic E-state index is 0.560. The van der Waals surface area contributed by atoms with Crippen LogP contribution in [0.3, 0.4) is 0 Å². The van der Waals surface area contributed by atoms with E-state index in [1.165, 1.54) is 16.2 Å². The molecule has 232 valence electrons. The SMILES string of the molecule is N#Cc1ccc(-c2cc(-c3nc(-c4ccccc4)nc(-c4ccccc4)n3)cc(-c3nc4ccccc4c4c3ccc3ccccc34)c2)cc1. The predicted molar refractivity (Wildman–Crippen MR) is 202 cm³/mol. The standard InChI is InChI=1S/C45H27N5/c46-28-29-19-21-30(22-20-29)34-25-35(42-39-24-23-31-11-7-8-16-37(31)41(39)38-17-9-10-18-40(38)47-42)27-36(26-34)45-49-43(32-12-3-1-4-13-32)48-44(50-45)33-14-5-2-6-15-33/h1-27H. The number of fused-ring (bicyclic) bond motifs is 5. The monoisotopic (exact) mass is 637 g/mol. The second-order valence-electron chi connectivity index (χ2n) is 12.2. The summed E-state index contributed by atoms with van der Waals surface area (Å²) < 4.78 is 0. The third-order valence-electron chi connectivity index (χ3n) is 9.10. The van der Waals surface area contributed by atoms with Crippen LogP contribution in [-0.2, 0) is 0 Å². The number of para-hydroxylation sites is 1. The molecule has 0 aliphatic carbocycles. The van der Waals surface area contributed by atoms with Gasteiger partial charge in [-0.25, -0.2) is 19.9 Å². The molecular formula is C45H27N5. The first-order valence-electron chi connectivity index (χ1n) is 16.5. The number of benzene rings is 7. The van der Waals surface area contributed by atoms with E-state index in [0.29, 0.717) is 23.0 Å². The number of hydrogen-bond donors (Lipinski definition) is 0. The number of aromatic nitrogens is 4. The van der Waals surface area contributed by atoms with Crippen molar-refractivity contribution in [1.82, 2.24) is 19.9 Å². The molecule has 9 rings (SSSR count). The molecule has 0 N–H and O–H groups in total. The molecule has 0 amide bonds. The van der Waals surface area contributed by atoms with Gasteiger partial charge in [-0.3, -0.25) is 0 Å². The van der Waals surface area contributed by atoms with Gasteiger partial charge in [0.1, 0.15) is 0 Å². The zero-order valence-electron chi connectivity index (χ0n) is 26.8. The summed E-state index contributed by atoms with van der Waals surface area (Å²) in [6.45, 7) is 0. The Labute approximate surface area is 288 Å². The normalized spacial score (nSPS) is 11.2. The minimum absolute atomic E-state index is 0.560. The van der Waals surface area contributed by atoms with E-state index in [1.54, 1.807) is 0 Å². The van der Waals surface area contributed by atoms with Crippen LogP contribution in [0.2, 0.25) is 0 Å². The molecule has 0 saturated carbocycles. The van der Waals surface area contributed by atoms with E-state index in [-0.39, 0.29) is 0 Å². The second-order valence-corrected chi connectivity index (χ2v) is 12.2. The smallest absolute Gasteiger partial charge is 0.164 e.